The van der Waals surface area contributed by atoms with Gasteiger partial charge in [-0.15, -0.1) is 11.3 Å². The number of thiophene rings is 1. The van der Waals surface area contributed by atoms with Crippen LogP contribution in [0.1, 0.15) is 16.7 Å². The minimum atomic E-state index is -0.308. The molecule has 0 atom stereocenters. The molecule has 0 saturated carbocycles. The summed E-state index contributed by atoms with van der Waals surface area (Å²) in [6.07, 6.45) is 0. The minimum absolute atomic E-state index is 0.0226. The quantitative estimate of drug-likeness (QED) is 0.699. The summed E-state index contributed by atoms with van der Waals surface area (Å²) in [5.41, 5.74) is 0. The molecule has 0 aromatic carbocycles. The maximum Gasteiger partial charge on any atom is 0.332 e. The van der Waals surface area contributed by atoms with Gasteiger partial charge in [-0.3, -0.25) is 0 Å². The molecule has 1 aromatic rings. The third kappa shape index (κ3) is 5.81. The molecular formula is C12H19NO3S. The summed E-state index contributed by atoms with van der Waals surface area (Å²) in [4.78, 5) is 15.6. The van der Waals surface area contributed by atoms with Gasteiger partial charge in [0.15, 0.2) is 0 Å². The Bertz CT molecular complexity index is 349. The lowest BCUT2D eigenvalue weighted by Gasteiger charge is -2.06. The number of hydrogen-bond donors (Lipinski definition) is 0. The summed E-state index contributed by atoms with van der Waals surface area (Å²) in [6.45, 7) is 3.60. The van der Waals surface area contributed by atoms with Crippen molar-refractivity contribution in [2.24, 2.45) is 0 Å². The third-order valence-corrected chi connectivity index (χ3v) is 3.00. The van der Waals surface area contributed by atoms with Gasteiger partial charge in [0.2, 0.25) is 0 Å². The van der Waals surface area contributed by atoms with E-state index in [-0.39, 0.29) is 12.6 Å². The average molecular weight is 257 g/mol. The first-order chi connectivity index (χ1) is 8.11. The van der Waals surface area contributed by atoms with Crippen LogP contribution in [-0.4, -0.2) is 38.2 Å². The summed E-state index contributed by atoms with van der Waals surface area (Å²) in [6, 6.07) is 4.13. The van der Waals surface area contributed by atoms with Crippen molar-refractivity contribution in [3.63, 3.8) is 0 Å². The van der Waals surface area contributed by atoms with Crippen molar-refractivity contribution in [3.8, 4) is 0 Å². The van der Waals surface area contributed by atoms with Gasteiger partial charge in [-0.25, -0.2) is 4.79 Å². The fourth-order valence-corrected chi connectivity index (χ4v) is 2.41. The second kappa shape index (κ2) is 7.42. The van der Waals surface area contributed by atoms with Crippen LogP contribution in [0.3, 0.4) is 0 Å². The summed E-state index contributed by atoms with van der Waals surface area (Å²) in [5, 5.41) is 0. The van der Waals surface area contributed by atoms with E-state index in [9.17, 15) is 4.79 Å². The number of nitrogens with zero attached hydrogens (tertiary/aromatic N) is 1. The predicted molar refractivity (Wildman–Crippen MR) is 68.0 cm³/mol. The van der Waals surface area contributed by atoms with Crippen molar-refractivity contribution in [1.29, 1.82) is 0 Å². The van der Waals surface area contributed by atoms with Gasteiger partial charge in [0.05, 0.1) is 13.2 Å². The maximum atomic E-state index is 11.0. The summed E-state index contributed by atoms with van der Waals surface area (Å²) < 4.78 is 10.0. The number of hydrogen-bond acceptors (Lipinski definition) is 5. The first-order valence-corrected chi connectivity index (χ1v) is 6.39. The van der Waals surface area contributed by atoms with Crippen molar-refractivity contribution in [1.82, 2.24) is 4.90 Å². The highest BCUT2D eigenvalue weighted by Crippen LogP contribution is 2.18. The lowest BCUT2D eigenvalue weighted by Crippen LogP contribution is -2.11. The van der Waals surface area contributed by atoms with Gasteiger partial charge in [0.25, 0.3) is 0 Å². The Kier molecular flexibility index (Phi) is 6.18. The maximum absolute atomic E-state index is 11.0. The number of carbonyl (C=O) groups excluding carboxylic acids is 1. The highest BCUT2D eigenvalue weighted by molar-refractivity contribution is 7.11. The molecule has 0 saturated heterocycles. The molecule has 0 N–H and O–H groups in total. The normalized spacial score (nSPS) is 10.8. The molecule has 17 heavy (non-hydrogen) atoms. The Morgan fingerprint density at radius 2 is 2.06 bits per heavy atom. The Morgan fingerprint density at radius 3 is 2.71 bits per heavy atom. The number of rotatable bonds is 7. The van der Waals surface area contributed by atoms with E-state index in [2.05, 4.69) is 11.0 Å². The van der Waals surface area contributed by atoms with E-state index in [0.29, 0.717) is 13.2 Å². The Hall–Kier alpha value is -0.910. The van der Waals surface area contributed by atoms with E-state index in [0.717, 1.165) is 11.4 Å². The molecule has 5 heteroatoms. The van der Waals surface area contributed by atoms with Crippen molar-refractivity contribution in [2.45, 2.75) is 20.1 Å². The fraction of sp³-hybridized carbons (Fsp3) is 0.583. The van der Waals surface area contributed by atoms with Crippen molar-refractivity contribution in [3.05, 3.63) is 21.9 Å². The molecule has 0 radical (unpaired) electrons. The Labute approximate surface area is 106 Å². The molecule has 0 bridgehead atoms. The van der Waals surface area contributed by atoms with Gasteiger partial charge < -0.3 is 14.4 Å². The molecule has 0 aliphatic heterocycles. The van der Waals surface area contributed by atoms with E-state index in [1.54, 1.807) is 18.3 Å². The standard InChI is InChI=1S/C12H19NO3S/c1-4-16-12(14)9-15-8-11-6-5-10(17-11)7-13(2)3/h5-6H,4,7-9H2,1-3H3. The van der Waals surface area contributed by atoms with Crippen molar-refractivity contribution >= 4 is 17.3 Å². The lowest BCUT2D eigenvalue weighted by molar-refractivity contribution is -0.148. The largest absolute Gasteiger partial charge is 0.464 e. The molecule has 0 aliphatic rings. The average Bonchev–Trinajstić information content (AvgIpc) is 2.65. The van der Waals surface area contributed by atoms with Crippen LogP contribution in [0.15, 0.2) is 12.1 Å². The number of esters is 1. The lowest BCUT2D eigenvalue weighted by atomic mass is 10.4. The van der Waals surface area contributed by atoms with Crippen LogP contribution < -0.4 is 0 Å². The molecule has 4 nitrogen and oxygen atoms in total. The SMILES string of the molecule is CCOC(=O)COCc1ccc(CN(C)C)s1. The molecule has 96 valence electrons. The van der Waals surface area contributed by atoms with Gasteiger partial charge in [0, 0.05) is 16.3 Å². The van der Waals surface area contributed by atoms with Crippen LogP contribution in [0.25, 0.3) is 0 Å². The molecule has 0 unspecified atom stereocenters. The zero-order chi connectivity index (χ0) is 12.7. The Balaban J connectivity index is 2.27. The summed E-state index contributed by atoms with van der Waals surface area (Å²) >= 11 is 1.71. The van der Waals surface area contributed by atoms with Crippen LogP contribution in [0, 0.1) is 0 Å². The van der Waals surface area contributed by atoms with Crippen molar-refractivity contribution < 1.29 is 14.3 Å². The van der Waals surface area contributed by atoms with E-state index in [4.69, 9.17) is 9.47 Å². The zero-order valence-corrected chi connectivity index (χ0v) is 11.4. The molecule has 0 spiro atoms. The zero-order valence-electron chi connectivity index (χ0n) is 10.6. The first-order valence-electron chi connectivity index (χ1n) is 5.57. The predicted octanol–water partition coefficient (Wildman–Crippen LogP) is 1.89. The first kappa shape index (κ1) is 14.2. The van der Waals surface area contributed by atoms with Crippen molar-refractivity contribution in [2.75, 3.05) is 27.3 Å². The van der Waals surface area contributed by atoms with Gasteiger partial charge in [-0.05, 0) is 33.2 Å². The summed E-state index contributed by atoms with van der Waals surface area (Å²) in [7, 11) is 4.08. The van der Waals surface area contributed by atoms with Gasteiger partial charge >= 0.3 is 5.97 Å². The van der Waals surface area contributed by atoms with Crippen LogP contribution in [0.4, 0.5) is 0 Å². The second-order valence-corrected chi connectivity index (χ2v) is 5.16. The van der Waals surface area contributed by atoms with E-state index in [1.165, 1.54) is 4.88 Å². The molecule has 0 amide bonds. The summed E-state index contributed by atoms with van der Waals surface area (Å²) in [5.74, 6) is -0.308. The number of carbonyl (C=O) groups is 1. The van der Waals surface area contributed by atoms with Gasteiger partial charge in [0.1, 0.15) is 6.61 Å². The van der Waals surface area contributed by atoms with E-state index >= 15 is 0 Å². The highest BCUT2D eigenvalue weighted by Gasteiger charge is 2.04. The third-order valence-electron chi connectivity index (χ3n) is 1.96. The van der Waals surface area contributed by atoms with E-state index < -0.39 is 0 Å². The van der Waals surface area contributed by atoms with Crippen LogP contribution in [-0.2, 0) is 27.4 Å². The minimum Gasteiger partial charge on any atom is -0.464 e. The molecule has 0 aliphatic carbocycles. The topological polar surface area (TPSA) is 38.8 Å². The van der Waals surface area contributed by atoms with Gasteiger partial charge in [-0.1, -0.05) is 0 Å². The Morgan fingerprint density at radius 1 is 1.35 bits per heavy atom. The van der Waals surface area contributed by atoms with Crippen LogP contribution in [0.2, 0.25) is 0 Å². The fourth-order valence-electron chi connectivity index (χ4n) is 1.33. The highest BCUT2D eigenvalue weighted by atomic mass is 32.1. The monoisotopic (exact) mass is 257 g/mol. The second-order valence-electron chi connectivity index (χ2n) is 3.90. The van der Waals surface area contributed by atoms with Crippen LogP contribution in [0.5, 0.6) is 0 Å². The molecule has 1 aromatic heterocycles. The number of ether oxygens (including phenoxy) is 2. The molecule has 1 rings (SSSR count). The van der Waals surface area contributed by atoms with Crippen LogP contribution >= 0.6 is 11.3 Å². The smallest absolute Gasteiger partial charge is 0.332 e. The molecule has 1 heterocycles. The molecule has 0 fully saturated rings. The molecular weight excluding hydrogens is 238 g/mol. The van der Waals surface area contributed by atoms with E-state index in [1.807, 2.05) is 20.2 Å². The van der Waals surface area contributed by atoms with Gasteiger partial charge in [-0.2, -0.15) is 0 Å².